The number of hydrogen-bond acceptors (Lipinski definition) is 0. The van der Waals surface area contributed by atoms with E-state index in [4.69, 9.17) is 0 Å². The monoisotopic (exact) mass is 426 g/mol. The van der Waals surface area contributed by atoms with Gasteiger partial charge in [0.15, 0.2) is 0 Å². The van der Waals surface area contributed by atoms with Gasteiger partial charge in [0.1, 0.15) is 0 Å². The maximum Gasteiger partial charge on any atom is 0.00530 e. The van der Waals surface area contributed by atoms with Crippen molar-refractivity contribution in [1.82, 2.24) is 0 Å². The van der Waals surface area contributed by atoms with Gasteiger partial charge in [-0.3, -0.25) is 0 Å². The number of hydrogen-bond donors (Lipinski definition) is 0. The molecule has 0 amide bonds. The summed E-state index contributed by atoms with van der Waals surface area (Å²) in [4.78, 5) is 0. The van der Waals surface area contributed by atoms with Crippen LogP contribution in [0.25, 0.3) is 18.2 Å². The Bertz CT molecular complexity index is 574. The molecule has 0 fully saturated rings. The van der Waals surface area contributed by atoms with E-state index in [9.17, 15) is 0 Å². The number of fused-ring (bicyclic) bond motifs is 6. The Hall–Kier alpha value is -0.120. The Morgan fingerprint density at radius 3 is 1.11 bits per heavy atom. The van der Waals surface area contributed by atoms with Crippen LogP contribution in [0.5, 0.6) is 0 Å². The molecular weight excluding hydrogens is 420 g/mol. The van der Waals surface area contributed by atoms with Gasteiger partial charge in [0.25, 0.3) is 0 Å². The van der Waals surface area contributed by atoms with Crippen LogP contribution in [0.15, 0.2) is 13.4 Å². The maximum absolute atomic E-state index is 3.67. The molecular formula is C15H9Br3. The Morgan fingerprint density at radius 1 is 0.556 bits per heavy atom. The minimum Gasteiger partial charge on any atom is -0.0553 e. The molecule has 90 valence electrons. The summed E-state index contributed by atoms with van der Waals surface area (Å²) in [5.41, 5.74) is 8.83. The second-order valence-corrected chi connectivity index (χ2v) is 8.04. The van der Waals surface area contributed by atoms with Crippen LogP contribution < -0.4 is 0 Å². The van der Waals surface area contributed by atoms with Gasteiger partial charge in [-0.05, 0) is 51.6 Å². The standard InChI is InChI=1S/C15H9Br3/c16-7-1-10-11(2-7)13-5-9(18)6-15(13)14-4-8(17)3-12(10)14/h1,4-5H,2-3,6H2. The second kappa shape index (κ2) is 3.94. The van der Waals surface area contributed by atoms with E-state index in [0.29, 0.717) is 0 Å². The predicted molar refractivity (Wildman–Crippen MR) is 88.3 cm³/mol. The Balaban J connectivity index is 2.07. The van der Waals surface area contributed by atoms with Crippen LogP contribution in [0.4, 0.5) is 0 Å². The molecule has 0 bridgehead atoms. The van der Waals surface area contributed by atoms with Gasteiger partial charge in [0, 0.05) is 32.7 Å². The summed E-state index contributed by atoms with van der Waals surface area (Å²) in [5, 5.41) is 0. The third-order valence-electron chi connectivity index (χ3n) is 3.89. The number of rotatable bonds is 0. The average Bonchev–Trinajstić information content (AvgIpc) is 2.93. The van der Waals surface area contributed by atoms with Crippen LogP contribution in [0, 0.1) is 0 Å². The first-order chi connectivity index (χ1) is 8.63. The molecule has 0 aromatic heterocycles. The number of allylic oxidation sites excluding steroid dienone is 3. The largest absolute Gasteiger partial charge is 0.0553 e. The first-order valence-electron chi connectivity index (χ1n) is 5.92. The highest BCUT2D eigenvalue weighted by Gasteiger charge is 2.29. The zero-order valence-electron chi connectivity index (χ0n) is 9.49. The van der Waals surface area contributed by atoms with Crippen molar-refractivity contribution in [2.45, 2.75) is 19.3 Å². The van der Waals surface area contributed by atoms with Crippen molar-refractivity contribution in [3.63, 3.8) is 0 Å². The minimum atomic E-state index is 1.04. The van der Waals surface area contributed by atoms with Crippen molar-refractivity contribution in [2.75, 3.05) is 0 Å². The molecule has 0 N–H and O–H groups in total. The van der Waals surface area contributed by atoms with Gasteiger partial charge in [-0.1, -0.05) is 47.8 Å². The third kappa shape index (κ3) is 1.53. The molecule has 3 heteroatoms. The van der Waals surface area contributed by atoms with E-state index >= 15 is 0 Å². The van der Waals surface area contributed by atoms with Crippen LogP contribution in [0.3, 0.4) is 0 Å². The van der Waals surface area contributed by atoms with E-state index in [1.54, 1.807) is 0 Å². The fourth-order valence-corrected chi connectivity index (χ4v) is 4.73. The Kier molecular flexibility index (Phi) is 2.56. The second-order valence-electron chi connectivity index (χ2n) is 4.98. The highest BCUT2D eigenvalue weighted by Crippen LogP contribution is 2.46. The first-order valence-corrected chi connectivity index (χ1v) is 8.30. The fourth-order valence-electron chi connectivity index (χ4n) is 3.21. The molecule has 3 aliphatic rings. The smallest absolute Gasteiger partial charge is 0.00530 e. The van der Waals surface area contributed by atoms with Gasteiger partial charge < -0.3 is 0 Å². The van der Waals surface area contributed by atoms with Gasteiger partial charge >= 0.3 is 0 Å². The first kappa shape index (κ1) is 11.7. The highest BCUT2D eigenvalue weighted by molar-refractivity contribution is 9.12. The lowest BCUT2D eigenvalue weighted by Crippen LogP contribution is -2.00. The summed E-state index contributed by atoms with van der Waals surface area (Å²) in [7, 11) is 0. The summed E-state index contributed by atoms with van der Waals surface area (Å²) in [6, 6.07) is 0. The van der Waals surface area contributed by atoms with Crippen molar-refractivity contribution >= 4 is 66.0 Å². The van der Waals surface area contributed by atoms with E-state index in [1.165, 1.54) is 46.8 Å². The third-order valence-corrected chi connectivity index (χ3v) is 5.42. The quantitative estimate of drug-likeness (QED) is 0.507. The molecule has 0 aliphatic heterocycles. The average molecular weight is 429 g/mol. The minimum absolute atomic E-state index is 1.04. The summed E-state index contributed by atoms with van der Waals surface area (Å²) in [5.74, 6) is 0. The van der Waals surface area contributed by atoms with Gasteiger partial charge in [-0.2, -0.15) is 0 Å². The van der Waals surface area contributed by atoms with Crippen molar-refractivity contribution in [1.29, 1.82) is 0 Å². The lowest BCUT2D eigenvalue weighted by atomic mass is 9.90. The predicted octanol–water partition coefficient (Wildman–Crippen LogP) is 5.56. The molecule has 0 atom stereocenters. The molecule has 0 nitrogen and oxygen atoms in total. The SMILES string of the molecule is BrC1=Cc2c3c(c4c(c2C1)C=C(Br)C4)C=C(Br)C3. The molecule has 0 saturated carbocycles. The van der Waals surface area contributed by atoms with E-state index in [2.05, 4.69) is 66.0 Å². The summed E-state index contributed by atoms with van der Waals surface area (Å²) in [6.45, 7) is 0. The molecule has 18 heavy (non-hydrogen) atoms. The molecule has 4 rings (SSSR count). The van der Waals surface area contributed by atoms with Crippen molar-refractivity contribution < 1.29 is 0 Å². The highest BCUT2D eigenvalue weighted by atomic mass is 79.9. The molecule has 0 saturated heterocycles. The zero-order chi connectivity index (χ0) is 12.4. The molecule has 0 heterocycles. The normalized spacial score (nSPS) is 19.2. The number of benzene rings is 1. The van der Waals surface area contributed by atoms with Crippen LogP contribution in [-0.2, 0) is 19.3 Å². The van der Waals surface area contributed by atoms with Crippen LogP contribution in [0.1, 0.15) is 33.4 Å². The van der Waals surface area contributed by atoms with Gasteiger partial charge in [-0.15, -0.1) is 0 Å². The van der Waals surface area contributed by atoms with Crippen LogP contribution in [0.2, 0.25) is 0 Å². The molecule has 0 unspecified atom stereocenters. The van der Waals surface area contributed by atoms with E-state index in [-0.39, 0.29) is 0 Å². The van der Waals surface area contributed by atoms with E-state index in [1.807, 2.05) is 0 Å². The van der Waals surface area contributed by atoms with Crippen LogP contribution in [-0.4, -0.2) is 0 Å². The molecule has 0 radical (unpaired) electrons. The molecule has 1 aromatic carbocycles. The molecule has 0 spiro atoms. The Morgan fingerprint density at radius 2 is 0.833 bits per heavy atom. The number of halogens is 3. The van der Waals surface area contributed by atoms with Gasteiger partial charge in [-0.25, -0.2) is 0 Å². The molecule has 3 aliphatic carbocycles. The summed E-state index contributed by atoms with van der Waals surface area (Å²) < 4.78 is 3.90. The topological polar surface area (TPSA) is 0 Å². The lowest BCUT2D eigenvalue weighted by Gasteiger charge is -2.14. The molecule has 1 aromatic rings. The summed E-state index contributed by atoms with van der Waals surface area (Å²) >= 11 is 11.0. The van der Waals surface area contributed by atoms with E-state index in [0.717, 1.165) is 19.3 Å². The van der Waals surface area contributed by atoms with Crippen molar-refractivity contribution in [3.8, 4) is 0 Å². The van der Waals surface area contributed by atoms with Gasteiger partial charge in [0.05, 0.1) is 0 Å². The Labute approximate surface area is 131 Å². The van der Waals surface area contributed by atoms with Gasteiger partial charge in [0.2, 0.25) is 0 Å². The van der Waals surface area contributed by atoms with Crippen molar-refractivity contribution in [2.24, 2.45) is 0 Å². The lowest BCUT2D eigenvalue weighted by molar-refractivity contribution is 1.17. The van der Waals surface area contributed by atoms with E-state index < -0.39 is 0 Å². The fraction of sp³-hybridized carbons (Fsp3) is 0.200. The van der Waals surface area contributed by atoms with Crippen molar-refractivity contribution in [3.05, 3.63) is 46.8 Å². The maximum atomic E-state index is 3.67. The zero-order valence-corrected chi connectivity index (χ0v) is 14.2. The summed E-state index contributed by atoms with van der Waals surface area (Å²) in [6.07, 6.45) is 10.0. The van der Waals surface area contributed by atoms with Crippen LogP contribution >= 0.6 is 47.8 Å².